The Balaban J connectivity index is 2.33. The molecule has 2 rings (SSSR count). The molecule has 0 aliphatic heterocycles. The van der Waals surface area contributed by atoms with Crippen LogP contribution in [0.1, 0.15) is 36.6 Å². The Bertz CT molecular complexity index is 593. The van der Waals surface area contributed by atoms with Gasteiger partial charge in [-0.15, -0.1) is 0 Å². The summed E-state index contributed by atoms with van der Waals surface area (Å²) in [7, 11) is 0. The molecule has 2 aromatic carbocycles. The van der Waals surface area contributed by atoms with Gasteiger partial charge in [0, 0.05) is 5.56 Å². The monoisotopic (exact) mass is 275 g/mol. The zero-order chi connectivity index (χ0) is 14.7. The number of halogens is 2. The molecule has 2 N–H and O–H groups in total. The Morgan fingerprint density at radius 2 is 1.75 bits per heavy atom. The van der Waals surface area contributed by atoms with Gasteiger partial charge in [0.1, 0.15) is 0 Å². The summed E-state index contributed by atoms with van der Waals surface area (Å²) in [6.45, 7) is 4.28. The van der Waals surface area contributed by atoms with Crippen molar-refractivity contribution in [2.75, 3.05) is 0 Å². The van der Waals surface area contributed by atoms with Gasteiger partial charge in [0.05, 0.1) is 6.04 Å². The fourth-order valence-electron chi connectivity index (χ4n) is 2.33. The molecule has 1 unspecified atom stereocenters. The smallest absolute Gasteiger partial charge is 0.163 e. The molecular formula is C17H19F2N. The molecule has 0 amide bonds. The maximum Gasteiger partial charge on any atom is 0.163 e. The Morgan fingerprint density at radius 3 is 2.45 bits per heavy atom. The van der Waals surface area contributed by atoms with Crippen LogP contribution in [0, 0.1) is 17.6 Å². The van der Waals surface area contributed by atoms with Crippen LogP contribution in [0.3, 0.4) is 0 Å². The van der Waals surface area contributed by atoms with E-state index in [9.17, 15) is 8.78 Å². The second-order valence-corrected chi connectivity index (χ2v) is 5.46. The Morgan fingerprint density at radius 1 is 1.05 bits per heavy atom. The van der Waals surface area contributed by atoms with Gasteiger partial charge in [-0.3, -0.25) is 0 Å². The van der Waals surface area contributed by atoms with Gasteiger partial charge in [-0.1, -0.05) is 50.2 Å². The molecule has 0 heterocycles. The van der Waals surface area contributed by atoms with Crippen molar-refractivity contribution in [3.63, 3.8) is 0 Å². The highest BCUT2D eigenvalue weighted by molar-refractivity contribution is 5.35. The third-order valence-corrected chi connectivity index (χ3v) is 3.27. The van der Waals surface area contributed by atoms with E-state index in [0.717, 1.165) is 23.6 Å². The third-order valence-electron chi connectivity index (χ3n) is 3.27. The summed E-state index contributed by atoms with van der Waals surface area (Å²) in [5.74, 6) is -1.20. The average molecular weight is 275 g/mol. The second kappa shape index (κ2) is 6.14. The van der Waals surface area contributed by atoms with Crippen LogP contribution < -0.4 is 5.73 Å². The lowest BCUT2D eigenvalue weighted by atomic mass is 9.95. The number of benzene rings is 2. The summed E-state index contributed by atoms with van der Waals surface area (Å²) in [5, 5.41) is 0. The normalized spacial score (nSPS) is 12.7. The van der Waals surface area contributed by atoms with Crippen molar-refractivity contribution < 1.29 is 8.78 Å². The maximum atomic E-state index is 13.8. The Kier molecular flexibility index (Phi) is 4.50. The highest BCUT2D eigenvalue weighted by Crippen LogP contribution is 2.24. The molecule has 0 spiro atoms. The van der Waals surface area contributed by atoms with E-state index < -0.39 is 17.7 Å². The number of nitrogens with two attached hydrogens (primary N) is 1. The van der Waals surface area contributed by atoms with Crippen LogP contribution in [-0.2, 0) is 6.42 Å². The zero-order valence-corrected chi connectivity index (χ0v) is 11.7. The fraction of sp³-hybridized carbons (Fsp3) is 0.294. The summed E-state index contributed by atoms with van der Waals surface area (Å²) in [4.78, 5) is 0. The molecule has 0 aliphatic rings. The van der Waals surface area contributed by atoms with Gasteiger partial charge in [-0.2, -0.15) is 0 Å². The van der Waals surface area contributed by atoms with Crippen molar-refractivity contribution in [2.24, 2.45) is 11.7 Å². The molecule has 20 heavy (non-hydrogen) atoms. The van der Waals surface area contributed by atoms with Crippen LogP contribution in [0.4, 0.5) is 8.78 Å². The van der Waals surface area contributed by atoms with E-state index in [2.05, 4.69) is 13.8 Å². The number of hydrogen-bond acceptors (Lipinski definition) is 1. The minimum Gasteiger partial charge on any atom is -0.320 e. The van der Waals surface area contributed by atoms with Crippen molar-refractivity contribution in [1.82, 2.24) is 0 Å². The summed E-state index contributed by atoms with van der Waals surface area (Å²) < 4.78 is 27.1. The predicted octanol–water partition coefficient (Wildman–Crippen LogP) is 4.21. The highest BCUT2D eigenvalue weighted by Gasteiger charge is 2.16. The molecule has 0 aliphatic carbocycles. The molecule has 3 heteroatoms. The van der Waals surface area contributed by atoms with Crippen molar-refractivity contribution in [1.29, 1.82) is 0 Å². The van der Waals surface area contributed by atoms with Gasteiger partial charge >= 0.3 is 0 Å². The molecule has 0 saturated carbocycles. The van der Waals surface area contributed by atoms with Gasteiger partial charge in [-0.25, -0.2) is 8.78 Å². The third kappa shape index (κ3) is 3.23. The Hall–Kier alpha value is -1.74. The zero-order valence-electron chi connectivity index (χ0n) is 11.7. The maximum absolute atomic E-state index is 13.8. The second-order valence-electron chi connectivity index (χ2n) is 5.46. The first kappa shape index (κ1) is 14.7. The van der Waals surface area contributed by atoms with E-state index in [1.807, 2.05) is 24.3 Å². The minimum atomic E-state index is -0.866. The molecule has 0 aromatic heterocycles. The molecule has 2 aromatic rings. The van der Waals surface area contributed by atoms with E-state index >= 15 is 0 Å². The van der Waals surface area contributed by atoms with Crippen LogP contribution >= 0.6 is 0 Å². The first-order valence-electron chi connectivity index (χ1n) is 6.77. The van der Waals surface area contributed by atoms with Crippen molar-refractivity contribution in [2.45, 2.75) is 26.3 Å². The summed E-state index contributed by atoms with van der Waals surface area (Å²) in [6.07, 6.45) is 0.937. The van der Waals surface area contributed by atoms with Gasteiger partial charge in [0.15, 0.2) is 11.6 Å². The molecule has 0 fully saturated rings. The molecular weight excluding hydrogens is 256 g/mol. The van der Waals surface area contributed by atoms with Crippen LogP contribution in [-0.4, -0.2) is 0 Å². The van der Waals surface area contributed by atoms with Crippen LogP contribution in [0.2, 0.25) is 0 Å². The summed E-state index contributed by atoms with van der Waals surface area (Å²) in [6, 6.07) is 11.2. The van der Waals surface area contributed by atoms with E-state index in [1.165, 1.54) is 12.1 Å². The standard InChI is InChI=1S/C17H19F2N/c1-11(2)9-12-5-3-6-13(10-12)17(20)14-7-4-8-15(18)16(14)19/h3-8,10-11,17H,9,20H2,1-2H3. The molecule has 106 valence electrons. The van der Waals surface area contributed by atoms with E-state index in [-0.39, 0.29) is 5.56 Å². The summed E-state index contributed by atoms with van der Waals surface area (Å²) >= 11 is 0. The topological polar surface area (TPSA) is 26.0 Å². The lowest BCUT2D eigenvalue weighted by Crippen LogP contribution is -2.14. The van der Waals surface area contributed by atoms with Gasteiger partial charge in [0.2, 0.25) is 0 Å². The predicted molar refractivity (Wildman–Crippen MR) is 77.4 cm³/mol. The van der Waals surface area contributed by atoms with Crippen LogP contribution in [0.25, 0.3) is 0 Å². The number of hydrogen-bond donors (Lipinski definition) is 1. The summed E-state index contributed by atoms with van der Waals surface area (Å²) in [5.41, 5.74) is 8.22. The van der Waals surface area contributed by atoms with Crippen molar-refractivity contribution >= 4 is 0 Å². The SMILES string of the molecule is CC(C)Cc1cccc(C(N)c2cccc(F)c2F)c1. The van der Waals surface area contributed by atoms with Gasteiger partial charge in [-0.05, 0) is 29.5 Å². The quantitative estimate of drug-likeness (QED) is 0.888. The highest BCUT2D eigenvalue weighted by atomic mass is 19.2. The van der Waals surface area contributed by atoms with Gasteiger partial charge in [0.25, 0.3) is 0 Å². The Labute approximate surface area is 118 Å². The van der Waals surface area contributed by atoms with Crippen LogP contribution in [0.5, 0.6) is 0 Å². The lowest BCUT2D eigenvalue weighted by Gasteiger charge is -2.15. The van der Waals surface area contributed by atoms with E-state index in [4.69, 9.17) is 5.73 Å². The van der Waals surface area contributed by atoms with E-state index in [1.54, 1.807) is 0 Å². The lowest BCUT2D eigenvalue weighted by molar-refractivity contribution is 0.494. The first-order valence-corrected chi connectivity index (χ1v) is 6.77. The van der Waals surface area contributed by atoms with Crippen LogP contribution in [0.15, 0.2) is 42.5 Å². The minimum absolute atomic E-state index is 0.187. The number of rotatable bonds is 4. The molecule has 0 saturated heterocycles. The molecule has 0 bridgehead atoms. The largest absolute Gasteiger partial charge is 0.320 e. The first-order chi connectivity index (χ1) is 9.49. The molecule has 1 nitrogen and oxygen atoms in total. The fourth-order valence-corrected chi connectivity index (χ4v) is 2.33. The van der Waals surface area contributed by atoms with Gasteiger partial charge < -0.3 is 5.73 Å². The average Bonchev–Trinajstić information content (AvgIpc) is 2.41. The van der Waals surface area contributed by atoms with Crippen molar-refractivity contribution in [3.05, 3.63) is 70.8 Å². The van der Waals surface area contributed by atoms with Crippen molar-refractivity contribution in [3.8, 4) is 0 Å². The molecule has 1 atom stereocenters. The molecule has 0 radical (unpaired) electrons. The van der Waals surface area contributed by atoms with E-state index in [0.29, 0.717) is 5.92 Å².